The molecule has 3 aromatic rings. The standard InChI is InChI=1S/C26H26F3N3O4S/c1-17-15-22(16-37(17)14-13-35-18(2)33)36-23(19-7-5-4-6-8-19)24-30-32(25(34)31(24)3)21-11-9-20(10-12-21)26(27,28)29/h4-12,15-16,23,37H,13-14H2,1-3H3. The van der Waals surface area contributed by atoms with E-state index in [9.17, 15) is 22.8 Å². The second kappa shape index (κ2) is 10.7. The van der Waals surface area contributed by atoms with Crippen LogP contribution in [0.15, 0.2) is 81.5 Å². The van der Waals surface area contributed by atoms with Gasteiger partial charge in [-0.1, -0.05) is 30.3 Å². The lowest BCUT2D eigenvalue weighted by atomic mass is 10.1. The molecule has 0 fully saturated rings. The molecule has 11 heteroatoms. The maximum atomic E-state index is 13.0. The molecule has 0 spiro atoms. The summed E-state index contributed by atoms with van der Waals surface area (Å²) in [5, 5.41) is 6.45. The third-order valence-electron chi connectivity index (χ3n) is 5.77. The molecule has 1 aliphatic heterocycles. The second-order valence-corrected chi connectivity index (χ2v) is 10.8. The number of carbonyl (C=O) groups excluding carboxylic acids is 1. The van der Waals surface area contributed by atoms with E-state index in [2.05, 4.69) is 5.10 Å². The summed E-state index contributed by atoms with van der Waals surface area (Å²) in [6, 6.07) is 13.5. The molecule has 0 bridgehead atoms. The van der Waals surface area contributed by atoms with Crippen molar-refractivity contribution in [2.75, 3.05) is 12.4 Å². The van der Waals surface area contributed by atoms with E-state index >= 15 is 0 Å². The SMILES string of the molecule is CC(=O)OCC[SH]1C=C(OC(c2ccccc2)c2nn(-c3ccc(C(F)(F)F)cc3)c(=O)n2C)C=C1C. The normalized spacial score (nSPS) is 17.2. The van der Waals surface area contributed by atoms with Gasteiger partial charge in [-0.05, 0) is 47.6 Å². The third kappa shape index (κ3) is 5.99. The van der Waals surface area contributed by atoms with Gasteiger partial charge in [-0.15, -0.1) is 5.10 Å². The van der Waals surface area contributed by atoms with Crippen molar-refractivity contribution in [3.05, 3.63) is 104 Å². The molecule has 0 radical (unpaired) electrons. The Bertz CT molecular complexity index is 1390. The number of carbonyl (C=O) groups is 1. The molecule has 0 saturated carbocycles. The van der Waals surface area contributed by atoms with Crippen LogP contribution in [0.2, 0.25) is 0 Å². The van der Waals surface area contributed by atoms with Crippen LogP contribution in [0.4, 0.5) is 13.2 Å². The topological polar surface area (TPSA) is 75.3 Å². The average Bonchev–Trinajstić information content (AvgIpc) is 3.36. The number of hydrogen-bond donors (Lipinski definition) is 1. The summed E-state index contributed by atoms with van der Waals surface area (Å²) in [6.07, 6.45) is -3.32. The van der Waals surface area contributed by atoms with E-state index < -0.39 is 34.4 Å². The summed E-state index contributed by atoms with van der Waals surface area (Å²) >= 11 is 0. The van der Waals surface area contributed by atoms with Crippen molar-refractivity contribution in [2.45, 2.75) is 26.1 Å². The summed E-state index contributed by atoms with van der Waals surface area (Å²) in [4.78, 5) is 25.2. The highest BCUT2D eigenvalue weighted by Gasteiger charge is 2.31. The molecule has 196 valence electrons. The highest BCUT2D eigenvalue weighted by molar-refractivity contribution is 8.23. The number of esters is 1. The van der Waals surface area contributed by atoms with Crippen LogP contribution >= 0.6 is 10.9 Å². The number of halogens is 3. The van der Waals surface area contributed by atoms with Crippen molar-refractivity contribution in [3.8, 4) is 5.69 Å². The molecule has 7 nitrogen and oxygen atoms in total. The molecule has 0 saturated heterocycles. The molecule has 4 rings (SSSR count). The number of alkyl halides is 3. The fraction of sp³-hybridized carbons (Fsp3) is 0.269. The Kier molecular flexibility index (Phi) is 7.63. The Balaban J connectivity index is 1.66. The Labute approximate surface area is 214 Å². The van der Waals surface area contributed by atoms with Gasteiger partial charge in [0, 0.05) is 25.3 Å². The van der Waals surface area contributed by atoms with Gasteiger partial charge in [-0.25, -0.2) is 15.7 Å². The van der Waals surface area contributed by atoms with Crippen LogP contribution in [0.25, 0.3) is 5.69 Å². The van der Waals surface area contributed by atoms with E-state index in [0.717, 1.165) is 27.3 Å². The third-order valence-corrected chi connectivity index (χ3v) is 8.03. The van der Waals surface area contributed by atoms with E-state index in [0.29, 0.717) is 23.9 Å². The largest absolute Gasteiger partial charge is 0.477 e. The number of nitrogens with zero attached hydrogens (tertiary/aromatic N) is 3. The molecule has 0 N–H and O–H groups in total. The molecule has 2 unspecified atom stereocenters. The van der Waals surface area contributed by atoms with Crippen LogP contribution in [0.3, 0.4) is 0 Å². The lowest BCUT2D eigenvalue weighted by Gasteiger charge is -2.19. The minimum absolute atomic E-state index is 0.205. The molecule has 2 heterocycles. The zero-order chi connectivity index (χ0) is 26.7. The first kappa shape index (κ1) is 26.3. The lowest BCUT2D eigenvalue weighted by molar-refractivity contribution is -0.140. The van der Waals surface area contributed by atoms with Crippen molar-refractivity contribution < 1.29 is 27.4 Å². The van der Waals surface area contributed by atoms with Crippen LogP contribution in [-0.2, 0) is 27.5 Å². The Morgan fingerprint density at radius 1 is 1.11 bits per heavy atom. The number of hydrogen-bond acceptors (Lipinski definition) is 5. The zero-order valence-corrected chi connectivity index (χ0v) is 21.3. The number of thiol groups is 1. The predicted octanol–water partition coefficient (Wildman–Crippen LogP) is 5.02. The number of rotatable bonds is 8. The number of ether oxygens (including phenoxy) is 2. The van der Waals surface area contributed by atoms with Crippen molar-refractivity contribution in [2.24, 2.45) is 7.05 Å². The first-order valence-electron chi connectivity index (χ1n) is 11.4. The molecule has 1 aromatic heterocycles. The van der Waals surface area contributed by atoms with Gasteiger partial charge < -0.3 is 9.47 Å². The van der Waals surface area contributed by atoms with Crippen LogP contribution in [0, 0.1) is 0 Å². The highest BCUT2D eigenvalue weighted by atomic mass is 32.2. The number of aromatic nitrogens is 3. The van der Waals surface area contributed by atoms with E-state index in [1.807, 2.05) is 48.7 Å². The lowest BCUT2D eigenvalue weighted by Crippen LogP contribution is -2.23. The summed E-state index contributed by atoms with van der Waals surface area (Å²) in [5.41, 5.74) is -0.378. The van der Waals surface area contributed by atoms with Gasteiger partial charge in [-0.2, -0.15) is 17.9 Å². The summed E-state index contributed by atoms with van der Waals surface area (Å²) in [5.74, 6) is 1.24. The van der Waals surface area contributed by atoms with Gasteiger partial charge >= 0.3 is 17.8 Å². The van der Waals surface area contributed by atoms with Gasteiger partial charge in [-0.3, -0.25) is 9.36 Å². The summed E-state index contributed by atoms with van der Waals surface area (Å²) in [6.45, 7) is 3.66. The van der Waals surface area contributed by atoms with Crippen LogP contribution in [0.1, 0.15) is 36.9 Å². The van der Waals surface area contributed by atoms with Gasteiger partial charge in [0.2, 0.25) is 0 Å². The molecule has 0 amide bonds. The molecule has 2 aromatic carbocycles. The maximum absolute atomic E-state index is 13.0. The monoisotopic (exact) mass is 533 g/mol. The van der Waals surface area contributed by atoms with E-state index in [-0.39, 0.29) is 11.7 Å². The second-order valence-electron chi connectivity index (χ2n) is 8.42. The quantitative estimate of drug-likeness (QED) is 0.325. The first-order valence-corrected chi connectivity index (χ1v) is 13.0. The van der Waals surface area contributed by atoms with E-state index in [1.54, 1.807) is 7.05 Å². The molecular weight excluding hydrogens is 507 g/mol. The predicted molar refractivity (Wildman–Crippen MR) is 136 cm³/mol. The van der Waals surface area contributed by atoms with Gasteiger partial charge in [0.1, 0.15) is 5.76 Å². The van der Waals surface area contributed by atoms with Gasteiger partial charge in [0.15, 0.2) is 11.9 Å². The van der Waals surface area contributed by atoms with Crippen molar-refractivity contribution in [1.82, 2.24) is 14.3 Å². The highest BCUT2D eigenvalue weighted by Crippen LogP contribution is 2.44. The number of allylic oxidation sites excluding steroid dienone is 2. The molecule has 2 atom stereocenters. The van der Waals surface area contributed by atoms with Gasteiger partial charge in [0.25, 0.3) is 0 Å². The molecular formula is C26H26F3N3O4S. The minimum atomic E-state index is -4.48. The molecule has 1 aliphatic rings. The molecule has 37 heavy (non-hydrogen) atoms. The zero-order valence-electron chi connectivity index (χ0n) is 20.4. The number of benzene rings is 2. The summed E-state index contributed by atoms with van der Waals surface area (Å²) < 4.78 is 52.8. The Morgan fingerprint density at radius 2 is 1.78 bits per heavy atom. The van der Waals surface area contributed by atoms with Crippen LogP contribution in [0.5, 0.6) is 0 Å². The first-order chi connectivity index (χ1) is 17.5. The van der Waals surface area contributed by atoms with Crippen LogP contribution < -0.4 is 5.69 Å². The van der Waals surface area contributed by atoms with E-state index in [1.165, 1.54) is 23.6 Å². The van der Waals surface area contributed by atoms with Crippen molar-refractivity contribution in [1.29, 1.82) is 0 Å². The average molecular weight is 534 g/mol. The van der Waals surface area contributed by atoms with Crippen molar-refractivity contribution in [3.63, 3.8) is 0 Å². The van der Waals surface area contributed by atoms with Crippen molar-refractivity contribution >= 4 is 16.9 Å². The Morgan fingerprint density at radius 3 is 2.41 bits per heavy atom. The Hall–Kier alpha value is -3.73. The minimum Gasteiger partial charge on any atom is -0.477 e. The van der Waals surface area contributed by atoms with Gasteiger partial charge in [0.05, 0.1) is 17.9 Å². The molecule has 0 aliphatic carbocycles. The van der Waals surface area contributed by atoms with Crippen LogP contribution in [-0.4, -0.2) is 32.7 Å². The fourth-order valence-corrected chi connectivity index (χ4v) is 5.56. The van der Waals surface area contributed by atoms with E-state index in [4.69, 9.17) is 9.47 Å². The smallest absolute Gasteiger partial charge is 0.416 e. The maximum Gasteiger partial charge on any atom is 0.416 e. The fourth-order valence-electron chi connectivity index (χ4n) is 3.85. The summed E-state index contributed by atoms with van der Waals surface area (Å²) in [7, 11) is 0.851.